The van der Waals surface area contributed by atoms with Gasteiger partial charge in [-0.1, -0.05) is 18.2 Å². The van der Waals surface area contributed by atoms with Crippen LogP contribution in [-0.2, 0) is 13.1 Å². The second kappa shape index (κ2) is 5.20. The molecule has 0 radical (unpaired) electrons. The number of fused-ring (bicyclic) bond motifs is 1. The van der Waals surface area contributed by atoms with E-state index < -0.39 is 0 Å². The lowest BCUT2D eigenvalue weighted by Gasteiger charge is -2.06. The fraction of sp³-hybridized carbons (Fsp3) is 0.200. The average Bonchev–Trinajstić information content (AvgIpc) is 2.85. The molecule has 0 saturated carbocycles. The topological polar surface area (TPSA) is 51.0 Å². The zero-order chi connectivity index (χ0) is 13.1. The molecule has 2 aromatic heterocycles. The quantitative estimate of drug-likeness (QED) is 0.776. The molecule has 0 unspecified atom stereocenters. The van der Waals surface area contributed by atoms with E-state index in [4.69, 9.17) is 4.42 Å². The van der Waals surface area contributed by atoms with E-state index in [9.17, 15) is 0 Å². The minimum Gasteiger partial charge on any atom is -0.445 e. The van der Waals surface area contributed by atoms with E-state index >= 15 is 0 Å². The summed E-state index contributed by atoms with van der Waals surface area (Å²) in [4.78, 5) is 8.52. The van der Waals surface area contributed by atoms with E-state index in [0.29, 0.717) is 6.54 Å². The molecule has 0 aliphatic heterocycles. The van der Waals surface area contributed by atoms with Crippen molar-refractivity contribution in [3.8, 4) is 0 Å². The van der Waals surface area contributed by atoms with Crippen LogP contribution in [0.4, 0.5) is 0 Å². The van der Waals surface area contributed by atoms with Crippen molar-refractivity contribution >= 4 is 10.9 Å². The molecular weight excluding hydrogens is 238 g/mol. The van der Waals surface area contributed by atoms with Crippen LogP contribution >= 0.6 is 0 Å². The number of para-hydroxylation sites is 1. The molecule has 1 N–H and O–H groups in total. The van der Waals surface area contributed by atoms with Crippen LogP contribution < -0.4 is 5.32 Å². The largest absolute Gasteiger partial charge is 0.445 e. The van der Waals surface area contributed by atoms with Crippen LogP contribution in [-0.4, -0.2) is 9.97 Å². The van der Waals surface area contributed by atoms with Gasteiger partial charge in [0.1, 0.15) is 5.76 Å². The van der Waals surface area contributed by atoms with Crippen LogP contribution in [0.5, 0.6) is 0 Å². The molecule has 3 aromatic rings. The van der Waals surface area contributed by atoms with Crippen molar-refractivity contribution in [1.29, 1.82) is 0 Å². The molecule has 3 rings (SSSR count). The Labute approximate surface area is 111 Å². The lowest BCUT2D eigenvalue weighted by molar-refractivity contribution is 0.449. The third-order valence-corrected chi connectivity index (χ3v) is 3.00. The van der Waals surface area contributed by atoms with Gasteiger partial charge in [0, 0.05) is 18.1 Å². The monoisotopic (exact) mass is 253 g/mol. The van der Waals surface area contributed by atoms with Crippen LogP contribution in [0.3, 0.4) is 0 Å². The van der Waals surface area contributed by atoms with Crippen molar-refractivity contribution in [2.45, 2.75) is 20.0 Å². The van der Waals surface area contributed by atoms with Crippen LogP contribution in [0.2, 0.25) is 0 Å². The van der Waals surface area contributed by atoms with E-state index in [0.717, 1.165) is 23.7 Å². The van der Waals surface area contributed by atoms with Crippen molar-refractivity contribution in [3.05, 3.63) is 59.9 Å². The Bertz CT molecular complexity index is 685. The Morgan fingerprint density at radius 3 is 2.84 bits per heavy atom. The van der Waals surface area contributed by atoms with Gasteiger partial charge in [-0.05, 0) is 24.6 Å². The van der Waals surface area contributed by atoms with Gasteiger partial charge in [-0.3, -0.25) is 4.98 Å². The van der Waals surface area contributed by atoms with E-state index in [2.05, 4.69) is 21.4 Å². The highest BCUT2D eigenvalue weighted by atomic mass is 16.4. The first kappa shape index (κ1) is 11.9. The third kappa shape index (κ3) is 2.63. The number of aromatic nitrogens is 2. The van der Waals surface area contributed by atoms with Crippen LogP contribution in [0.15, 0.2) is 47.1 Å². The molecule has 19 heavy (non-hydrogen) atoms. The van der Waals surface area contributed by atoms with Gasteiger partial charge < -0.3 is 9.73 Å². The number of pyridine rings is 1. The van der Waals surface area contributed by atoms with Gasteiger partial charge in [0.25, 0.3) is 0 Å². The summed E-state index contributed by atoms with van der Waals surface area (Å²) in [6.07, 6.45) is 3.58. The first-order chi connectivity index (χ1) is 9.33. The number of nitrogens with zero attached hydrogens (tertiary/aromatic N) is 2. The molecule has 0 spiro atoms. The molecule has 0 atom stereocenters. The first-order valence-electron chi connectivity index (χ1n) is 6.27. The Kier molecular flexibility index (Phi) is 3.25. The standard InChI is InChI=1S/C15H15N3O/c1-11-8-18-15(19-11)10-16-9-12-6-7-17-14-5-3-2-4-13(12)14/h2-8,16H,9-10H2,1H3. The van der Waals surface area contributed by atoms with Gasteiger partial charge in [0.05, 0.1) is 18.3 Å². The summed E-state index contributed by atoms with van der Waals surface area (Å²) in [7, 11) is 0. The maximum Gasteiger partial charge on any atom is 0.208 e. The second-order valence-electron chi connectivity index (χ2n) is 4.46. The van der Waals surface area contributed by atoms with E-state index in [1.165, 1.54) is 10.9 Å². The minimum atomic E-state index is 0.629. The summed E-state index contributed by atoms with van der Waals surface area (Å²) in [5.41, 5.74) is 2.25. The van der Waals surface area contributed by atoms with Crippen LogP contribution in [0, 0.1) is 6.92 Å². The van der Waals surface area contributed by atoms with Crippen LogP contribution in [0.1, 0.15) is 17.2 Å². The summed E-state index contributed by atoms with van der Waals surface area (Å²) in [5.74, 6) is 1.56. The van der Waals surface area contributed by atoms with Gasteiger partial charge in [-0.2, -0.15) is 0 Å². The highest BCUT2D eigenvalue weighted by Gasteiger charge is 2.03. The lowest BCUT2D eigenvalue weighted by atomic mass is 10.1. The van der Waals surface area contributed by atoms with E-state index in [1.807, 2.05) is 37.4 Å². The number of benzene rings is 1. The zero-order valence-electron chi connectivity index (χ0n) is 10.8. The average molecular weight is 253 g/mol. The molecule has 0 aliphatic carbocycles. The fourth-order valence-corrected chi connectivity index (χ4v) is 2.10. The van der Waals surface area contributed by atoms with E-state index in [-0.39, 0.29) is 0 Å². The molecule has 0 bridgehead atoms. The Morgan fingerprint density at radius 1 is 1.11 bits per heavy atom. The van der Waals surface area contributed by atoms with Gasteiger partial charge in [-0.15, -0.1) is 0 Å². The molecule has 96 valence electrons. The predicted molar refractivity (Wildman–Crippen MR) is 73.5 cm³/mol. The Morgan fingerprint density at radius 2 is 2.00 bits per heavy atom. The Balaban J connectivity index is 1.71. The highest BCUT2D eigenvalue weighted by Crippen LogP contribution is 2.15. The molecule has 0 saturated heterocycles. The zero-order valence-corrected chi connectivity index (χ0v) is 10.8. The molecule has 0 aliphatic rings. The maximum atomic E-state index is 5.42. The van der Waals surface area contributed by atoms with E-state index in [1.54, 1.807) is 6.20 Å². The SMILES string of the molecule is Cc1cnc(CNCc2ccnc3ccccc23)o1. The van der Waals surface area contributed by atoms with Crippen LogP contribution in [0.25, 0.3) is 10.9 Å². The number of hydrogen-bond donors (Lipinski definition) is 1. The van der Waals surface area contributed by atoms with Crippen molar-refractivity contribution in [3.63, 3.8) is 0 Å². The molecule has 4 heteroatoms. The number of aryl methyl sites for hydroxylation is 1. The van der Waals surface area contributed by atoms with Gasteiger partial charge >= 0.3 is 0 Å². The summed E-state index contributed by atoms with van der Waals surface area (Å²) < 4.78 is 5.42. The normalized spacial score (nSPS) is 11.0. The van der Waals surface area contributed by atoms with Crippen molar-refractivity contribution in [2.75, 3.05) is 0 Å². The molecule has 2 heterocycles. The number of rotatable bonds is 4. The predicted octanol–water partition coefficient (Wildman–Crippen LogP) is 2.82. The second-order valence-corrected chi connectivity index (χ2v) is 4.46. The lowest BCUT2D eigenvalue weighted by Crippen LogP contribution is -2.13. The number of oxazole rings is 1. The number of hydrogen-bond acceptors (Lipinski definition) is 4. The number of nitrogens with one attached hydrogen (secondary N) is 1. The summed E-state index contributed by atoms with van der Waals surface area (Å²) in [5, 5.41) is 4.52. The fourth-order valence-electron chi connectivity index (χ4n) is 2.10. The Hall–Kier alpha value is -2.20. The van der Waals surface area contributed by atoms with Gasteiger partial charge in [0.15, 0.2) is 0 Å². The first-order valence-corrected chi connectivity index (χ1v) is 6.27. The smallest absolute Gasteiger partial charge is 0.208 e. The molecule has 0 fully saturated rings. The van der Waals surface area contributed by atoms with Crippen molar-refractivity contribution in [1.82, 2.24) is 15.3 Å². The molecular formula is C15H15N3O. The summed E-state index contributed by atoms with van der Waals surface area (Å²) >= 11 is 0. The third-order valence-electron chi connectivity index (χ3n) is 3.00. The van der Waals surface area contributed by atoms with Gasteiger partial charge in [-0.25, -0.2) is 4.98 Å². The van der Waals surface area contributed by atoms with Crippen molar-refractivity contribution in [2.24, 2.45) is 0 Å². The summed E-state index contributed by atoms with van der Waals surface area (Å²) in [6, 6.07) is 10.2. The molecule has 0 amide bonds. The molecule has 4 nitrogen and oxygen atoms in total. The highest BCUT2D eigenvalue weighted by molar-refractivity contribution is 5.81. The van der Waals surface area contributed by atoms with Gasteiger partial charge in [0.2, 0.25) is 5.89 Å². The minimum absolute atomic E-state index is 0.629. The maximum absolute atomic E-state index is 5.42. The summed E-state index contributed by atoms with van der Waals surface area (Å²) in [6.45, 7) is 3.29. The molecule has 1 aromatic carbocycles. The van der Waals surface area contributed by atoms with Crippen molar-refractivity contribution < 1.29 is 4.42 Å².